The molecule has 128 valence electrons. The van der Waals surface area contributed by atoms with E-state index in [9.17, 15) is 4.79 Å². The largest absolute Gasteiger partial charge is 0.494 e. The number of rotatable bonds is 6. The summed E-state index contributed by atoms with van der Waals surface area (Å²) in [6.07, 6.45) is 0.972. The van der Waals surface area contributed by atoms with Crippen LogP contribution in [0.3, 0.4) is 0 Å². The first-order chi connectivity index (χ1) is 12.2. The van der Waals surface area contributed by atoms with E-state index in [1.54, 1.807) is 6.07 Å². The average Bonchev–Trinajstić information content (AvgIpc) is 3.13. The molecule has 1 amide bonds. The van der Waals surface area contributed by atoms with E-state index in [2.05, 4.69) is 22.4 Å². The van der Waals surface area contributed by atoms with Crippen LogP contribution in [-0.2, 0) is 6.42 Å². The number of carbonyl (C=O) groups excluding carboxylic acids is 1. The van der Waals surface area contributed by atoms with Gasteiger partial charge in [0.05, 0.1) is 12.3 Å². The molecule has 0 aliphatic carbocycles. The van der Waals surface area contributed by atoms with Gasteiger partial charge in [0.1, 0.15) is 11.4 Å². The molecule has 0 aliphatic rings. The number of nitrogens with one attached hydrogen (secondary N) is 2. The summed E-state index contributed by atoms with van der Waals surface area (Å²) in [4.78, 5) is 12.4. The highest BCUT2D eigenvalue weighted by atomic mass is 16.5. The second-order valence-corrected chi connectivity index (χ2v) is 5.63. The van der Waals surface area contributed by atoms with Gasteiger partial charge in [-0.25, -0.2) is 0 Å². The maximum absolute atomic E-state index is 12.4. The number of anilines is 1. The third-order valence-electron chi connectivity index (χ3n) is 3.90. The maximum atomic E-state index is 12.4. The number of aryl methyl sites for hydroxylation is 1. The number of ether oxygens (including phenoxy) is 1. The minimum atomic E-state index is -0.214. The van der Waals surface area contributed by atoms with Crippen molar-refractivity contribution in [3.8, 4) is 17.0 Å². The molecule has 1 aromatic heterocycles. The lowest BCUT2D eigenvalue weighted by molar-refractivity contribution is 0.102. The molecule has 0 unspecified atom stereocenters. The highest BCUT2D eigenvalue weighted by Crippen LogP contribution is 2.21. The van der Waals surface area contributed by atoms with E-state index < -0.39 is 0 Å². The molecule has 0 saturated heterocycles. The molecule has 0 atom stereocenters. The topological polar surface area (TPSA) is 67.0 Å². The van der Waals surface area contributed by atoms with Gasteiger partial charge >= 0.3 is 0 Å². The maximum Gasteiger partial charge on any atom is 0.273 e. The fourth-order valence-electron chi connectivity index (χ4n) is 2.50. The van der Waals surface area contributed by atoms with Gasteiger partial charge in [-0.2, -0.15) is 5.10 Å². The Morgan fingerprint density at radius 1 is 1.08 bits per heavy atom. The van der Waals surface area contributed by atoms with Crippen molar-refractivity contribution >= 4 is 11.6 Å². The smallest absolute Gasteiger partial charge is 0.273 e. The van der Waals surface area contributed by atoms with Crippen LogP contribution >= 0.6 is 0 Å². The van der Waals surface area contributed by atoms with E-state index in [1.807, 2.05) is 55.5 Å². The van der Waals surface area contributed by atoms with Crippen molar-refractivity contribution in [1.82, 2.24) is 10.2 Å². The number of aromatic nitrogens is 2. The second-order valence-electron chi connectivity index (χ2n) is 5.63. The van der Waals surface area contributed by atoms with Gasteiger partial charge in [0.15, 0.2) is 0 Å². The molecule has 5 nitrogen and oxygen atoms in total. The Balaban J connectivity index is 1.70. The third kappa shape index (κ3) is 4.07. The zero-order chi connectivity index (χ0) is 17.6. The molecule has 25 heavy (non-hydrogen) atoms. The Kier molecular flexibility index (Phi) is 5.14. The molecule has 0 saturated carbocycles. The van der Waals surface area contributed by atoms with Crippen LogP contribution in [-0.4, -0.2) is 22.7 Å². The van der Waals surface area contributed by atoms with Crippen LogP contribution in [0.15, 0.2) is 54.6 Å². The average molecular weight is 335 g/mol. The first-order valence-corrected chi connectivity index (χ1v) is 8.38. The Morgan fingerprint density at radius 3 is 2.44 bits per heavy atom. The number of amides is 1. The van der Waals surface area contributed by atoms with E-state index in [1.165, 1.54) is 5.56 Å². The quantitative estimate of drug-likeness (QED) is 0.706. The van der Waals surface area contributed by atoms with E-state index in [0.29, 0.717) is 12.3 Å². The van der Waals surface area contributed by atoms with Crippen molar-refractivity contribution in [2.75, 3.05) is 11.9 Å². The van der Waals surface area contributed by atoms with Crippen LogP contribution in [0.25, 0.3) is 11.3 Å². The van der Waals surface area contributed by atoms with Crippen molar-refractivity contribution in [3.05, 3.63) is 65.9 Å². The molecule has 0 fully saturated rings. The number of hydrogen-bond acceptors (Lipinski definition) is 3. The van der Waals surface area contributed by atoms with Gasteiger partial charge in [0.25, 0.3) is 5.91 Å². The highest BCUT2D eigenvalue weighted by Gasteiger charge is 2.11. The van der Waals surface area contributed by atoms with E-state index >= 15 is 0 Å². The van der Waals surface area contributed by atoms with Crippen LogP contribution in [0.2, 0.25) is 0 Å². The molecule has 3 aromatic rings. The van der Waals surface area contributed by atoms with Crippen LogP contribution < -0.4 is 10.1 Å². The zero-order valence-electron chi connectivity index (χ0n) is 14.4. The highest BCUT2D eigenvalue weighted by molar-refractivity contribution is 6.03. The summed E-state index contributed by atoms with van der Waals surface area (Å²) in [7, 11) is 0. The first kappa shape index (κ1) is 16.8. The summed E-state index contributed by atoms with van der Waals surface area (Å²) < 4.78 is 5.43. The van der Waals surface area contributed by atoms with E-state index in [4.69, 9.17) is 4.74 Å². The van der Waals surface area contributed by atoms with Gasteiger partial charge in [-0.3, -0.25) is 9.89 Å². The zero-order valence-corrected chi connectivity index (χ0v) is 14.4. The number of benzene rings is 2. The monoisotopic (exact) mass is 335 g/mol. The molecular weight excluding hydrogens is 314 g/mol. The van der Waals surface area contributed by atoms with Crippen LogP contribution in [0.5, 0.6) is 5.75 Å². The molecule has 0 spiro atoms. The minimum Gasteiger partial charge on any atom is -0.494 e. The molecule has 1 heterocycles. The molecule has 0 radical (unpaired) electrons. The summed E-state index contributed by atoms with van der Waals surface area (Å²) in [6, 6.07) is 17.2. The summed E-state index contributed by atoms with van der Waals surface area (Å²) >= 11 is 0. The number of aromatic amines is 1. The molecule has 5 heteroatoms. The second kappa shape index (κ2) is 7.66. The van der Waals surface area contributed by atoms with Crippen molar-refractivity contribution in [1.29, 1.82) is 0 Å². The standard InChI is InChI=1S/C20H21N3O2/c1-3-14-5-9-16(10-6-14)21-20(24)19-13-18(22-23-19)15-7-11-17(12-8-15)25-4-2/h5-13H,3-4H2,1-2H3,(H,21,24)(H,22,23). The van der Waals surface area contributed by atoms with Gasteiger partial charge in [-0.1, -0.05) is 19.1 Å². The van der Waals surface area contributed by atoms with Crippen LogP contribution in [0.4, 0.5) is 5.69 Å². The number of hydrogen-bond donors (Lipinski definition) is 2. The lowest BCUT2D eigenvalue weighted by Gasteiger charge is -2.04. The first-order valence-electron chi connectivity index (χ1n) is 8.38. The van der Waals surface area contributed by atoms with E-state index in [0.717, 1.165) is 29.1 Å². The normalized spacial score (nSPS) is 10.5. The molecule has 0 bridgehead atoms. The SMILES string of the molecule is CCOc1ccc(-c2cc(C(=O)Nc3ccc(CC)cc3)[nH]n2)cc1. The minimum absolute atomic E-state index is 0.214. The van der Waals surface area contributed by atoms with Crippen molar-refractivity contribution in [2.24, 2.45) is 0 Å². The van der Waals surface area contributed by atoms with Crippen molar-refractivity contribution in [2.45, 2.75) is 20.3 Å². The lowest BCUT2D eigenvalue weighted by atomic mass is 10.1. The van der Waals surface area contributed by atoms with Gasteiger partial charge < -0.3 is 10.1 Å². The molecular formula is C20H21N3O2. The third-order valence-corrected chi connectivity index (χ3v) is 3.90. The molecule has 0 aliphatic heterocycles. The summed E-state index contributed by atoms with van der Waals surface area (Å²) in [5, 5.41) is 9.89. The Hall–Kier alpha value is -3.08. The van der Waals surface area contributed by atoms with Crippen LogP contribution in [0, 0.1) is 0 Å². The lowest BCUT2D eigenvalue weighted by Crippen LogP contribution is -2.12. The fourth-order valence-corrected chi connectivity index (χ4v) is 2.50. The molecule has 3 rings (SSSR count). The van der Waals surface area contributed by atoms with Crippen molar-refractivity contribution < 1.29 is 9.53 Å². The Labute approximate surface area is 147 Å². The Bertz CT molecular complexity index is 836. The van der Waals surface area contributed by atoms with E-state index in [-0.39, 0.29) is 5.91 Å². The molecule has 2 aromatic carbocycles. The predicted octanol–water partition coefficient (Wildman–Crippen LogP) is 4.29. The predicted molar refractivity (Wildman–Crippen MR) is 99.0 cm³/mol. The van der Waals surface area contributed by atoms with Crippen molar-refractivity contribution in [3.63, 3.8) is 0 Å². The summed E-state index contributed by atoms with van der Waals surface area (Å²) in [5.41, 5.74) is 4.06. The molecule has 2 N–H and O–H groups in total. The number of H-pyrrole nitrogens is 1. The number of nitrogens with zero attached hydrogens (tertiary/aromatic N) is 1. The summed E-state index contributed by atoms with van der Waals surface area (Å²) in [5.74, 6) is 0.601. The Morgan fingerprint density at radius 2 is 1.80 bits per heavy atom. The van der Waals surface area contributed by atoms with Gasteiger partial charge in [-0.05, 0) is 61.4 Å². The van der Waals surface area contributed by atoms with Gasteiger partial charge in [0, 0.05) is 11.3 Å². The number of carbonyl (C=O) groups is 1. The van der Waals surface area contributed by atoms with Gasteiger partial charge in [0.2, 0.25) is 0 Å². The summed E-state index contributed by atoms with van der Waals surface area (Å²) in [6.45, 7) is 4.67. The fraction of sp³-hybridized carbons (Fsp3) is 0.200. The van der Waals surface area contributed by atoms with Crippen LogP contribution in [0.1, 0.15) is 29.9 Å². The van der Waals surface area contributed by atoms with Gasteiger partial charge in [-0.15, -0.1) is 0 Å².